The van der Waals surface area contributed by atoms with Gasteiger partial charge in [-0.25, -0.2) is 4.79 Å². The Morgan fingerprint density at radius 2 is 1.81 bits per heavy atom. The first-order valence-corrected chi connectivity index (χ1v) is 9.59. The highest BCUT2D eigenvalue weighted by atomic mass is 16.6. The maximum atomic E-state index is 12.4. The fourth-order valence-electron chi connectivity index (χ4n) is 2.65. The second kappa shape index (κ2) is 10.1. The average molecular weight is 432 g/mol. The minimum atomic E-state index is -1.14. The summed E-state index contributed by atoms with van der Waals surface area (Å²) >= 11 is 0. The second-order valence-corrected chi connectivity index (χ2v) is 7.80. The molecule has 10 heteroatoms. The molecular weight excluding hydrogens is 404 g/mol. The predicted octanol–water partition coefficient (Wildman–Crippen LogP) is 1.72. The summed E-state index contributed by atoms with van der Waals surface area (Å²) in [6, 6.07) is 7.48. The lowest BCUT2D eigenvalue weighted by atomic mass is 10.1. The van der Waals surface area contributed by atoms with Crippen LogP contribution in [-0.2, 0) is 25.6 Å². The average Bonchev–Trinajstić information content (AvgIpc) is 3.08. The van der Waals surface area contributed by atoms with Crippen LogP contribution >= 0.6 is 0 Å². The van der Waals surface area contributed by atoms with Gasteiger partial charge in [0, 0.05) is 6.07 Å². The summed E-state index contributed by atoms with van der Waals surface area (Å²) in [5.74, 6) is -1.02. The Kier molecular flexibility index (Phi) is 7.76. The molecule has 0 radical (unpaired) electrons. The van der Waals surface area contributed by atoms with E-state index in [0.29, 0.717) is 5.75 Å². The van der Waals surface area contributed by atoms with E-state index in [1.165, 1.54) is 17.9 Å². The molecule has 0 aliphatic carbocycles. The number of rotatable bonds is 8. The van der Waals surface area contributed by atoms with Gasteiger partial charge in [0.25, 0.3) is 0 Å². The lowest BCUT2D eigenvalue weighted by Crippen LogP contribution is -2.39. The van der Waals surface area contributed by atoms with Crippen LogP contribution in [-0.4, -0.2) is 53.5 Å². The van der Waals surface area contributed by atoms with Crippen LogP contribution in [0.3, 0.4) is 0 Å². The molecule has 168 valence electrons. The number of esters is 2. The summed E-state index contributed by atoms with van der Waals surface area (Å²) in [5.41, 5.74) is 6.14. The van der Waals surface area contributed by atoms with E-state index >= 15 is 0 Å². The van der Waals surface area contributed by atoms with Gasteiger partial charge in [-0.2, -0.15) is 5.10 Å². The van der Waals surface area contributed by atoms with Crippen LogP contribution in [0.2, 0.25) is 0 Å². The minimum absolute atomic E-state index is 0.110. The first-order valence-electron chi connectivity index (χ1n) is 9.59. The van der Waals surface area contributed by atoms with E-state index in [4.69, 9.17) is 19.9 Å². The SMILES string of the molecule is COC(=O)c1cc(NC(=O)[C@@H](N)CC(=O)OC(C)(C)C)nn1Cc1ccc(OC)cc1. The van der Waals surface area contributed by atoms with E-state index in [2.05, 4.69) is 10.4 Å². The number of hydrogen-bond donors (Lipinski definition) is 2. The highest BCUT2D eigenvalue weighted by Crippen LogP contribution is 2.17. The fourth-order valence-corrected chi connectivity index (χ4v) is 2.65. The summed E-state index contributed by atoms with van der Waals surface area (Å²) in [4.78, 5) is 36.4. The van der Waals surface area contributed by atoms with E-state index in [1.54, 1.807) is 40.0 Å². The molecule has 0 bridgehead atoms. The smallest absolute Gasteiger partial charge is 0.356 e. The van der Waals surface area contributed by atoms with Crippen molar-refractivity contribution in [3.63, 3.8) is 0 Å². The number of carbonyl (C=O) groups excluding carboxylic acids is 3. The van der Waals surface area contributed by atoms with Gasteiger partial charge in [-0.05, 0) is 38.5 Å². The van der Waals surface area contributed by atoms with Gasteiger partial charge in [0.2, 0.25) is 5.91 Å². The molecule has 0 unspecified atom stereocenters. The number of anilines is 1. The zero-order valence-corrected chi connectivity index (χ0v) is 18.3. The van der Waals surface area contributed by atoms with Crippen molar-refractivity contribution in [1.29, 1.82) is 0 Å². The van der Waals surface area contributed by atoms with Gasteiger partial charge in [-0.15, -0.1) is 0 Å². The van der Waals surface area contributed by atoms with Crippen LogP contribution in [0.4, 0.5) is 5.82 Å². The van der Waals surface area contributed by atoms with Gasteiger partial charge < -0.3 is 25.3 Å². The molecule has 0 aliphatic heterocycles. The van der Waals surface area contributed by atoms with E-state index < -0.39 is 29.5 Å². The van der Waals surface area contributed by atoms with Crippen LogP contribution in [0.25, 0.3) is 0 Å². The number of hydrogen-bond acceptors (Lipinski definition) is 8. The maximum Gasteiger partial charge on any atom is 0.356 e. The van der Waals surface area contributed by atoms with Crippen molar-refractivity contribution in [2.75, 3.05) is 19.5 Å². The summed E-state index contributed by atoms with van der Waals surface area (Å²) in [5, 5.41) is 6.78. The molecule has 0 saturated heterocycles. The zero-order valence-electron chi connectivity index (χ0n) is 18.3. The van der Waals surface area contributed by atoms with Crippen molar-refractivity contribution >= 4 is 23.7 Å². The van der Waals surface area contributed by atoms with Crippen molar-refractivity contribution in [1.82, 2.24) is 9.78 Å². The molecule has 31 heavy (non-hydrogen) atoms. The standard InChI is InChI=1S/C21H28N4O6/c1-21(2,3)31-18(26)10-15(22)19(27)23-17-11-16(20(28)30-5)25(24-17)12-13-6-8-14(29-4)9-7-13/h6-9,11,15H,10,12,22H2,1-5H3,(H,23,24,27)/t15-/m0/s1. The topological polar surface area (TPSA) is 135 Å². The number of ether oxygens (including phenoxy) is 3. The largest absolute Gasteiger partial charge is 0.497 e. The highest BCUT2D eigenvalue weighted by Gasteiger charge is 2.24. The third kappa shape index (κ3) is 7.10. The molecule has 2 aromatic rings. The first-order chi connectivity index (χ1) is 14.5. The monoisotopic (exact) mass is 432 g/mol. The first kappa shape index (κ1) is 23.9. The molecule has 1 heterocycles. The van der Waals surface area contributed by atoms with Gasteiger partial charge >= 0.3 is 11.9 Å². The highest BCUT2D eigenvalue weighted by molar-refractivity contribution is 5.97. The molecule has 0 fully saturated rings. The van der Waals surface area contributed by atoms with Crippen LogP contribution in [0.1, 0.15) is 43.2 Å². The quantitative estimate of drug-likeness (QED) is 0.602. The molecule has 1 aromatic heterocycles. The number of aromatic nitrogens is 2. The predicted molar refractivity (Wildman–Crippen MR) is 113 cm³/mol. The third-order valence-electron chi connectivity index (χ3n) is 4.06. The lowest BCUT2D eigenvalue weighted by molar-refractivity contribution is -0.155. The molecule has 0 saturated carbocycles. The Bertz CT molecular complexity index is 930. The summed E-state index contributed by atoms with van der Waals surface area (Å²) in [7, 11) is 2.82. The lowest BCUT2D eigenvalue weighted by Gasteiger charge is -2.20. The maximum absolute atomic E-state index is 12.4. The Balaban J connectivity index is 2.12. The van der Waals surface area contributed by atoms with Gasteiger partial charge in [0.05, 0.1) is 33.2 Å². The number of benzene rings is 1. The molecule has 10 nitrogen and oxygen atoms in total. The molecular formula is C21H28N4O6. The molecule has 3 N–H and O–H groups in total. The van der Waals surface area contributed by atoms with Gasteiger partial charge in [-0.3, -0.25) is 14.3 Å². The fraction of sp³-hybridized carbons (Fsp3) is 0.429. The number of amides is 1. The van der Waals surface area contributed by atoms with Crippen LogP contribution in [0, 0.1) is 0 Å². The van der Waals surface area contributed by atoms with Crippen LogP contribution in [0.5, 0.6) is 5.75 Å². The third-order valence-corrected chi connectivity index (χ3v) is 4.06. The van der Waals surface area contributed by atoms with Crippen LogP contribution < -0.4 is 15.8 Å². The molecule has 1 amide bonds. The summed E-state index contributed by atoms with van der Waals surface area (Å²) in [6.07, 6.45) is -0.292. The number of nitrogens with two attached hydrogens (primary N) is 1. The Morgan fingerprint density at radius 3 is 2.35 bits per heavy atom. The van der Waals surface area contributed by atoms with Crippen molar-refractivity contribution in [2.24, 2.45) is 5.73 Å². The molecule has 1 atom stereocenters. The van der Waals surface area contributed by atoms with Crippen LogP contribution in [0.15, 0.2) is 30.3 Å². The van der Waals surface area contributed by atoms with E-state index in [0.717, 1.165) is 5.56 Å². The Morgan fingerprint density at radius 1 is 1.16 bits per heavy atom. The van der Waals surface area contributed by atoms with Crippen molar-refractivity contribution in [3.05, 3.63) is 41.6 Å². The Hall–Kier alpha value is -3.40. The molecule has 1 aromatic carbocycles. The second-order valence-electron chi connectivity index (χ2n) is 7.80. The van der Waals surface area contributed by atoms with E-state index in [1.807, 2.05) is 12.1 Å². The molecule has 0 spiro atoms. The zero-order chi connectivity index (χ0) is 23.2. The number of nitrogens with zero attached hydrogens (tertiary/aromatic N) is 2. The number of carbonyl (C=O) groups is 3. The van der Waals surface area contributed by atoms with Gasteiger partial charge in [-0.1, -0.05) is 12.1 Å². The van der Waals surface area contributed by atoms with Gasteiger partial charge in [0.1, 0.15) is 17.0 Å². The number of methoxy groups -OCH3 is 2. The molecule has 2 rings (SSSR count). The Labute approximate surface area is 180 Å². The van der Waals surface area contributed by atoms with Gasteiger partial charge in [0.15, 0.2) is 5.82 Å². The normalized spacial score (nSPS) is 12.1. The van der Waals surface area contributed by atoms with E-state index in [9.17, 15) is 14.4 Å². The van der Waals surface area contributed by atoms with Crippen molar-refractivity contribution in [2.45, 2.75) is 45.4 Å². The summed E-state index contributed by atoms with van der Waals surface area (Å²) in [6.45, 7) is 5.43. The van der Waals surface area contributed by atoms with E-state index in [-0.39, 0.29) is 24.5 Å². The van der Waals surface area contributed by atoms with Crippen molar-refractivity contribution < 1.29 is 28.6 Å². The minimum Gasteiger partial charge on any atom is -0.497 e. The van der Waals surface area contributed by atoms with Crippen molar-refractivity contribution in [3.8, 4) is 5.75 Å². The molecule has 0 aliphatic rings. The summed E-state index contributed by atoms with van der Waals surface area (Å²) < 4.78 is 16.5. The number of nitrogens with one attached hydrogen (secondary N) is 1.